The van der Waals surface area contributed by atoms with Crippen LogP contribution < -0.4 is 16.0 Å². The minimum atomic E-state index is 0. The third-order valence-electron chi connectivity index (χ3n) is 6.31. The van der Waals surface area contributed by atoms with Gasteiger partial charge in [-0.15, -0.1) is 24.0 Å². The van der Waals surface area contributed by atoms with Crippen LogP contribution in [0.1, 0.15) is 56.9 Å². The highest BCUT2D eigenvalue weighted by Crippen LogP contribution is 2.25. The number of halogens is 1. The second-order valence-corrected chi connectivity index (χ2v) is 8.86. The summed E-state index contributed by atoms with van der Waals surface area (Å²) in [7, 11) is 1.78. The third-order valence-corrected chi connectivity index (χ3v) is 6.31. The molecular formula is C25H41IN4O3. The van der Waals surface area contributed by atoms with Crippen molar-refractivity contribution in [2.75, 3.05) is 45.3 Å². The third kappa shape index (κ3) is 10.6. The van der Waals surface area contributed by atoms with Gasteiger partial charge in [-0.05, 0) is 55.7 Å². The van der Waals surface area contributed by atoms with Crippen LogP contribution in [0.2, 0.25) is 0 Å². The molecule has 3 N–H and O–H groups in total. The zero-order valence-electron chi connectivity index (χ0n) is 19.9. The van der Waals surface area contributed by atoms with Crippen molar-refractivity contribution in [3.05, 3.63) is 29.8 Å². The zero-order chi connectivity index (χ0) is 22.4. The standard InChI is InChI=1S/C25H40N4O3.HI/c1-26-25(27-13-6-14-32-19-20-11-15-31-16-12-20)28-18-21-7-5-10-23(17-21)29-24(30)22-8-3-2-4-9-22;/h5,7,10,17,20,22H,2-4,6,8-9,11-16,18-19H2,1H3,(H,29,30)(H2,26,27,28);1H. The van der Waals surface area contributed by atoms with Gasteiger partial charge >= 0.3 is 0 Å². The highest BCUT2D eigenvalue weighted by atomic mass is 127. The second kappa shape index (κ2) is 16.3. The average molecular weight is 573 g/mol. The van der Waals surface area contributed by atoms with Crippen LogP contribution >= 0.6 is 24.0 Å². The molecule has 8 heteroatoms. The van der Waals surface area contributed by atoms with E-state index in [0.717, 1.165) is 95.1 Å². The summed E-state index contributed by atoms with van der Waals surface area (Å²) >= 11 is 0. The SMILES string of the molecule is CN=C(NCCCOCC1CCOCC1)NCc1cccc(NC(=O)C2CCCCC2)c1.I. The van der Waals surface area contributed by atoms with Gasteiger partial charge in [0.2, 0.25) is 5.91 Å². The smallest absolute Gasteiger partial charge is 0.227 e. The molecule has 186 valence electrons. The summed E-state index contributed by atoms with van der Waals surface area (Å²) in [6.45, 7) is 4.78. The molecule has 33 heavy (non-hydrogen) atoms. The van der Waals surface area contributed by atoms with Gasteiger partial charge in [-0.2, -0.15) is 0 Å². The van der Waals surface area contributed by atoms with E-state index in [2.05, 4.69) is 27.0 Å². The number of nitrogens with zero attached hydrogens (tertiary/aromatic N) is 1. The second-order valence-electron chi connectivity index (χ2n) is 8.86. The first-order valence-corrected chi connectivity index (χ1v) is 12.2. The fourth-order valence-corrected chi connectivity index (χ4v) is 4.32. The van der Waals surface area contributed by atoms with Crippen LogP contribution in [-0.4, -0.2) is 51.9 Å². The number of amides is 1. The highest BCUT2D eigenvalue weighted by molar-refractivity contribution is 14.0. The lowest BCUT2D eigenvalue weighted by Gasteiger charge is -2.21. The summed E-state index contributed by atoms with van der Waals surface area (Å²) in [5.41, 5.74) is 1.97. The largest absolute Gasteiger partial charge is 0.381 e. The first-order chi connectivity index (χ1) is 15.7. The van der Waals surface area contributed by atoms with Crippen LogP contribution in [0.3, 0.4) is 0 Å². The maximum absolute atomic E-state index is 12.5. The quantitative estimate of drug-likeness (QED) is 0.168. The highest BCUT2D eigenvalue weighted by Gasteiger charge is 2.21. The molecule has 2 fully saturated rings. The predicted molar refractivity (Wildman–Crippen MR) is 144 cm³/mol. The van der Waals surface area contributed by atoms with Gasteiger partial charge in [0.1, 0.15) is 0 Å². The number of guanidine groups is 1. The number of ether oxygens (including phenoxy) is 2. The van der Waals surface area contributed by atoms with Crippen molar-refractivity contribution in [3.8, 4) is 0 Å². The Morgan fingerprint density at radius 3 is 2.67 bits per heavy atom. The Bertz CT molecular complexity index is 719. The Morgan fingerprint density at radius 2 is 1.91 bits per heavy atom. The van der Waals surface area contributed by atoms with Crippen LogP contribution in [0.4, 0.5) is 5.69 Å². The lowest BCUT2D eigenvalue weighted by molar-refractivity contribution is -0.120. The summed E-state index contributed by atoms with van der Waals surface area (Å²) in [6.07, 6.45) is 8.76. The number of carbonyl (C=O) groups is 1. The Hall–Kier alpha value is -1.39. The Morgan fingerprint density at radius 1 is 1.12 bits per heavy atom. The maximum atomic E-state index is 12.5. The fraction of sp³-hybridized carbons (Fsp3) is 0.680. The van der Waals surface area contributed by atoms with E-state index in [1.807, 2.05) is 18.2 Å². The summed E-state index contributed by atoms with van der Waals surface area (Å²) in [5.74, 6) is 1.74. The molecule has 1 aromatic carbocycles. The van der Waals surface area contributed by atoms with Crippen LogP contribution in [0.25, 0.3) is 0 Å². The molecule has 3 rings (SSSR count). The van der Waals surface area contributed by atoms with Gasteiger partial charge in [0.25, 0.3) is 0 Å². The molecule has 0 radical (unpaired) electrons. The molecular weight excluding hydrogens is 531 g/mol. The van der Waals surface area contributed by atoms with Crippen molar-refractivity contribution >= 4 is 41.5 Å². The minimum Gasteiger partial charge on any atom is -0.381 e. The monoisotopic (exact) mass is 572 g/mol. The van der Waals surface area contributed by atoms with Crippen molar-refractivity contribution in [1.29, 1.82) is 0 Å². The van der Waals surface area contributed by atoms with Crippen molar-refractivity contribution in [1.82, 2.24) is 10.6 Å². The van der Waals surface area contributed by atoms with E-state index in [9.17, 15) is 4.79 Å². The topological polar surface area (TPSA) is 84.0 Å². The van der Waals surface area contributed by atoms with E-state index in [-0.39, 0.29) is 35.8 Å². The Balaban J connectivity index is 0.00000385. The molecule has 0 spiro atoms. The first-order valence-electron chi connectivity index (χ1n) is 12.2. The predicted octanol–water partition coefficient (Wildman–Crippen LogP) is 4.32. The van der Waals surface area contributed by atoms with E-state index < -0.39 is 0 Å². The van der Waals surface area contributed by atoms with Gasteiger partial charge in [0, 0.05) is 58.2 Å². The van der Waals surface area contributed by atoms with Crippen LogP contribution in [0, 0.1) is 11.8 Å². The molecule has 0 aromatic heterocycles. The summed E-state index contributed by atoms with van der Waals surface area (Å²) < 4.78 is 11.2. The Labute approximate surface area is 215 Å². The molecule has 7 nitrogen and oxygen atoms in total. The number of hydrogen-bond donors (Lipinski definition) is 3. The number of aliphatic imine (C=N–C) groups is 1. The number of carbonyl (C=O) groups excluding carboxylic acids is 1. The molecule has 1 aliphatic carbocycles. The first kappa shape index (κ1) is 27.9. The van der Waals surface area contributed by atoms with Crippen molar-refractivity contribution in [3.63, 3.8) is 0 Å². The molecule has 1 saturated heterocycles. The molecule has 1 heterocycles. The summed E-state index contributed by atoms with van der Waals surface area (Å²) in [4.78, 5) is 16.8. The molecule has 1 amide bonds. The normalized spacial score (nSPS) is 17.8. The molecule has 1 aliphatic heterocycles. The van der Waals surface area contributed by atoms with Crippen molar-refractivity contribution in [2.45, 2.75) is 57.9 Å². The molecule has 1 aromatic rings. The zero-order valence-corrected chi connectivity index (χ0v) is 22.3. The van der Waals surface area contributed by atoms with E-state index >= 15 is 0 Å². The fourth-order valence-electron chi connectivity index (χ4n) is 4.32. The molecule has 1 saturated carbocycles. The Kier molecular flexibility index (Phi) is 13.7. The number of rotatable bonds is 10. The maximum Gasteiger partial charge on any atom is 0.227 e. The van der Waals surface area contributed by atoms with Gasteiger partial charge in [0.05, 0.1) is 0 Å². The van der Waals surface area contributed by atoms with E-state index in [1.54, 1.807) is 7.05 Å². The van der Waals surface area contributed by atoms with E-state index in [4.69, 9.17) is 9.47 Å². The number of anilines is 1. The molecule has 0 bridgehead atoms. The van der Waals surface area contributed by atoms with Crippen LogP contribution in [0.15, 0.2) is 29.3 Å². The molecule has 0 unspecified atom stereocenters. The van der Waals surface area contributed by atoms with Gasteiger partial charge in [-0.3, -0.25) is 9.79 Å². The lowest BCUT2D eigenvalue weighted by Crippen LogP contribution is -2.37. The summed E-state index contributed by atoms with van der Waals surface area (Å²) in [5, 5.41) is 9.78. The number of benzene rings is 1. The summed E-state index contributed by atoms with van der Waals surface area (Å²) in [6, 6.07) is 8.03. The average Bonchev–Trinajstić information content (AvgIpc) is 2.84. The van der Waals surface area contributed by atoms with Gasteiger partial charge in [-0.1, -0.05) is 31.4 Å². The van der Waals surface area contributed by atoms with Gasteiger partial charge in [-0.25, -0.2) is 0 Å². The molecule has 2 aliphatic rings. The lowest BCUT2D eigenvalue weighted by atomic mass is 9.88. The number of hydrogen-bond acceptors (Lipinski definition) is 4. The van der Waals surface area contributed by atoms with E-state index in [0.29, 0.717) is 12.5 Å². The number of nitrogens with one attached hydrogen (secondary N) is 3. The van der Waals surface area contributed by atoms with E-state index in [1.165, 1.54) is 6.42 Å². The van der Waals surface area contributed by atoms with Crippen LogP contribution in [-0.2, 0) is 20.8 Å². The minimum absolute atomic E-state index is 0. The van der Waals surface area contributed by atoms with Crippen molar-refractivity contribution < 1.29 is 14.3 Å². The van der Waals surface area contributed by atoms with Gasteiger partial charge < -0.3 is 25.4 Å². The van der Waals surface area contributed by atoms with Crippen LogP contribution in [0.5, 0.6) is 0 Å². The molecule has 0 atom stereocenters. The van der Waals surface area contributed by atoms with Crippen molar-refractivity contribution in [2.24, 2.45) is 16.8 Å². The van der Waals surface area contributed by atoms with Gasteiger partial charge in [0.15, 0.2) is 5.96 Å².